The summed E-state index contributed by atoms with van der Waals surface area (Å²) < 4.78 is 0. The van der Waals surface area contributed by atoms with E-state index in [4.69, 9.17) is 5.73 Å². The second-order valence-corrected chi connectivity index (χ2v) is 9.82. The maximum Gasteiger partial charge on any atom is 0.244 e. The van der Waals surface area contributed by atoms with Gasteiger partial charge in [0.25, 0.3) is 0 Å². The fraction of sp³-hybridized carbons (Fsp3) is 0.233. The molecule has 0 radical (unpaired) electrons. The third-order valence-corrected chi connectivity index (χ3v) is 6.35. The Morgan fingerprint density at radius 3 is 2.24 bits per heavy atom. The summed E-state index contributed by atoms with van der Waals surface area (Å²) in [4.78, 5) is 37.7. The van der Waals surface area contributed by atoms with Crippen LogP contribution in [0.3, 0.4) is 0 Å². The molecule has 4 aromatic carbocycles. The number of nitrogens with one attached hydrogen (secondary N) is 3. The van der Waals surface area contributed by atoms with E-state index in [0.717, 1.165) is 32.7 Å². The van der Waals surface area contributed by atoms with Crippen molar-refractivity contribution in [2.24, 2.45) is 5.73 Å². The normalized spacial score (nSPS) is 13.1. The molecule has 0 aliphatic rings. The average molecular weight is 497 g/mol. The fourth-order valence-corrected chi connectivity index (χ4v) is 4.35. The zero-order valence-electron chi connectivity index (χ0n) is 21.0. The van der Waals surface area contributed by atoms with E-state index in [1.54, 1.807) is 13.8 Å². The van der Waals surface area contributed by atoms with E-state index in [1.807, 2.05) is 84.9 Å². The lowest BCUT2D eigenvalue weighted by atomic mass is 9.97. The Labute approximate surface area is 216 Å². The maximum absolute atomic E-state index is 13.5. The summed E-state index contributed by atoms with van der Waals surface area (Å²) in [6.07, 6.45) is 0.544. The molecule has 0 fully saturated rings. The number of amides is 3. The van der Waals surface area contributed by atoms with Gasteiger partial charge in [-0.15, -0.1) is 0 Å². The average Bonchev–Trinajstić information content (AvgIpc) is 2.88. The molecular weight excluding hydrogens is 464 g/mol. The number of carbonyl (C=O) groups is 3. The minimum atomic E-state index is -1.16. The van der Waals surface area contributed by atoms with E-state index in [-0.39, 0.29) is 6.42 Å². The second-order valence-electron chi connectivity index (χ2n) is 9.82. The van der Waals surface area contributed by atoms with Crippen molar-refractivity contribution >= 4 is 39.8 Å². The van der Waals surface area contributed by atoms with Gasteiger partial charge in [-0.2, -0.15) is 0 Å². The molecule has 7 nitrogen and oxygen atoms in total. The highest BCUT2D eigenvalue weighted by Gasteiger charge is 2.29. The highest BCUT2D eigenvalue weighted by atomic mass is 16.2. The molecule has 2 atom stereocenters. The molecule has 0 spiro atoms. The predicted octanol–water partition coefficient (Wildman–Crippen LogP) is 3.19. The number of hydrogen-bond donors (Lipinski definition) is 4. The predicted molar refractivity (Wildman–Crippen MR) is 147 cm³/mol. The van der Waals surface area contributed by atoms with Gasteiger partial charge in [-0.1, -0.05) is 84.9 Å². The Morgan fingerprint density at radius 1 is 0.838 bits per heavy atom. The van der Waals surface area contributed by atoms with Gasteiger partial charge in [-0.25, -0.2) is 0 Å². The van der Waals surface area contributed by atoms with Crippen molar-refractivity contribution in [3.8, 4) is 0 Å². The minimum absolute atomic E-state index is 0.263. The molecular formula is C30H32N4O3. The third kappa shape index (κ3) is 6.51. The van der Waals surface area contributed by atoms with Gasteiger partial charge in [0.15, 0.2) is 0 Å². The SMILES string of the molecule is CC(C)(N)C(=O)N[C@H](Cc1cccc2ccccc12)C(=O)N[C@H](Cc1ccc2ccccc2c1)NC=O. The number of benzene rings is 4. The molecule has 0 saturated heterocycles. The molecule has 0 aliphatic heterocycles. The number of fused-ring (bicyclic) bond motifs is 2. The van der Waals surface area contributed by atoms with Crippen LogP contribution in [0.2, 0.25) is 0 Å². The molecule has 0 saturated carbocycles. The van der Waals surface area contributed by atoms with Gasteiger partial charge in [-0.05, 0) is 46.5 Å². The molecule has 4 aromatic rings. The van der Waals surface area contributed by atoms with Crippen LogP contribution in [-0.4, -0.2) is 36.0 Å². The lowest BCUT2D eigenvalue weighted by Gasteiger charge is -2.26. The Kier molecular flexibility index (Phi) is 7.84. The first-order chi connectivity index (χ1) is 17.7. The largest absolute Gasteiger partial charge is 0.342 e. The smallest absolute Gasteiger partial charge is 0.244 e. The van der Waals surface area contributed by atoms with Crippen molar-refractivity contribution in [1.29, 1.82) is 0 Å². The van der Waals surface area contributed by atoms with Crippen LogP contribution < -0.4 is 21.7 Å². The number of carbonyl (C=O) groups excluding carboxylic acids is 3. The van der Waals surface area contributed by atoms with Gasteiger partial charge in [0.05, 0.1) is 5.54 Å². The minimum Gasteiger partial charge on any atom is -0.342 e. The summed E-state index contributed by atoms with van der Waals surface area (Å²) in [5.41, 5.74) is 6.72. The van der Waals surface area contributed by atoms with Gasteiger partial charge in [0, 0.05) is 12.8 Å². The highest BCUT2D eigenvalue weighted by molar-refractivity contribution is 5.93. The van der Waals surface area contributed by atoms with Crippen molar-refractivity contribution in [3.63, 3.8) is 0 Å². The lowest BCUT2D eigenvalue weighted by Crippen LogP contribution is -2.59. The van der Waals surface area contributed by atoms with Gasteiger partial charge in [0.1, 0.15) is 12.2 Å². The number of nitrogens with two attached hydrogens (primary N) is 1. The monoisotopic (exact) mass is 496 g/mol. The summed E-state index contributed by atoms with van der Waals surface area (Å²) in [6, 6.07) is 26.9. The van der Waals surface area contributed by atoms with E-state index in [9.17, 15) is 14.4 Å². The summed E-state index contributed by atoms with van der Waals surface area (Å²) in [5.74, 6) is -0.854. The number of rotatable bonds is 10. The van der Waals surface area contributed by atoms with E-state index >= 15 is 0 Å². The van der Waals surface area contributed by atoms with Crippen LogP contribution in [0.5, 0.6) is 0 Å². The molecule has 0 aromatic heterocycles. The van der Waals surface area contributed by atoms with E-state index in [1.165, 1.54) is 0 Å². The standard InChI is InChI=1S/C30H32N4O3/c1-30(2,31)29(37)33-26(18-24-12-7-11-22-9-5-6-13-25(22)24)28(36)34-27(32-19-35)17-20-14-15-21-8-3-4-10-23(21)16-20/h3-16,19,26-27H,17-18,31H2,1-2H3,(H,32,35)(H,33,37)(H,34,36)/t26-,27-/m1/s1. The first-order valence-electron chi connectivity index (χ1n) is 12.3. The van der Waals surface area contributed by atoms with E-state index in [2.05, 4.69) is 16.0 Å². The Hall–Kier alpha value is -4.23. The van der Waals surface area contributed by atoms with Crippen LogP contribution in [0.1, 0.15) is 25.0 Å². The number of hydrogen-bond acceptors (Lipinski definition) is 4. The Balaban J connectivity index is 1.57. The van der Waals surface area contributed by atoms with Crippen LogP contribution >= 0.6 is 0 Å². The van der Waals surface area contributed by atoms with Gasteiger partial charge < -0.3 is 21.7 Å². The van der Waals surface area contributed by atoms with Crippen molar-refractivity contribution in [2.45, 2.75) is 44.4 Å². The summed E-state index contributed by atoms with van der Waals surface area (Å²) in [6.45, 7) is 3.18. The second kappa shape index (κ2) is 11.2. The van der Waals surface area contributed by atoms with E-state index < -0.39 is 29.6 Å². The molecule has 3 amide bonds. The highest BCUT2D eigenvalue weighted by Crippen LogP contribution is 2.20. The summed E-state index contributed by atoms with van der Waals surface area (Å²) >= 11 is 0. The lowest BCUT2D eigenvalue weighted by molar-refractivity contribution is -0.131. The quantitative estimate of drug-likeness (QED) is 0.199. The molecule has 0 bridgehead atoms. The maximum atomic E-state index is 13.5. The molecule has 0 unspecified atom stereocenters. The van der Waals surface area contributed by atoms with Gasteiger partial charge >= 0.3 is 0 Å². The molecule has 37 heavy (non-hydrogen) atoms. The van der Waals surface area contributed by atoms with Crippen molar-refractivity contribution in [3.05, 3.63) is 96.1 Å². The summed E-state index contributed by atoms with van der Waals surface area (Å²) in [5, 5.41) is 12.6. The molecule has 0 heterocycles. The van der Waals surface area contributed by atoms with Gasteiger partial charge in [0.2, 0.25) is 18.2 Å². The van der Waals surface area contributed by atoms with Crippen molar-refractivity contribution in [2.75, 3.05) is 0 Å². The zero-order chi connectivity index (χ0) is 26.4. The molecule has 7 heteroatoms. The Morgan fingerprint density at radius 2 is 1.51 bits per heavy atom. The first kappa shape index (κ1) is 25.9. The fourth-order valence-electron chi connectivity index (χ4n) is 4.35. The topological polar surface area (TPSA) is 113 Å². The molecule has 0 aliphatic carbocycles. The molecule has 190 valence electrons. The van der Waals surface area contributed by atoms with Crippen LogP contribution in [0.25, 0.3) is 21.5 Å². The van der Waals surface area contributed by atoms with Crippen LogP contribution in [0.15, 0.2) is 84.9 Å². The molecule has 5 N–H and O–H groups in total. The third-order valence-electron chi connectivity index (χ3n) is 6.35. The van der Waals surface area contributed by atoms with Gasteiger partial charge in [-0.3, -0.25) is 14.4 Å². The van der Waals surface area contributed by atoms with E-state index in [0.29, 0.717) is 12.8 Å². The van der Waals surface area contributed by atoms with Crippen molar-refractivity contribution < 1.29 is 14.4 Å². The Bertz CT molecular complexity index is 1420. The van der Waals surface area contributed by atoms with Crippen LogP contribution in [-0.2, 0) is 27.2 Å². The summed E-state index contributed by atoms with van der Waals surface area (Å²) in [7, 11) is 0. The first-order valence-corrected chi connectivity index (χ1v) is 12.3. The molecule has 4 rings (SSSR count). The van der Waals surface area contributed by atoms with Crippen LogP contribution in [0.4, 0.5) is 0 Å². The zero-order valence-corrected chi connectivity index (χ0v) is 21.0. The van der Waals surface area contributed by atoms with Crippen LogP contribution in [0, 0.1) is 0 Å². The van der Waals surface area contributed by atoms with Crippen molar-refractivity contribution in [1.82, 2.24) is 16.0 Å².